The Morgan fingerprint density at radius 3 is 2.60 bits per heavy atom. The quantitative estimate of drug-likeness (QED) is 0.810. The standard InChI is InChI=1S/C20H30N2O2.ClH/c1-2-24-18-9-4-3-6-14(18)10-11-19(23)22-20-15-7-5-8-16(20)13-17(21)12-15;/h3-4,6,9,15-17,20H,2,5,7-8,10-13,21H2,1H3,(H,22,23);1H. The Kier molecular flexibility index (Phi) is 7.57. The third kappa shape index (κ3) is 5.11. The molecule has 5 heteroatoms. The number of halogens is 1. The van der Waals surface area contributed by atoms with Crippen molar-refractivity contribution in [3.8, 4) is 5.75 Å². The highest BCUT2D eigenvalue weighted by Crippen LogP contribution is 2.39. The van der Waals surface area contributed by atoms with Crippen LogP contribution in [-0.4, -0.2) is 24.6 Å². The van der Waals surface area contributed by atoms with E-state index >= 15 is 0 Å². The van der Waals surface area contributed by atoms with Crippen LogP contribution in [-0.2, 0) is 11.2 Å². The molecular formula is C20H31ClN2O2. The van der Waals surface area contributed by atoms with E-state index in [-0.39, 0.29) is 18.3 Å². The Bertz CT molecular complexity index is 552. The molecule has 2 unspecified atom stereocenters. The fourth-order valence-electron chi connectivity index (χ4n) is 4.54. The molecule has 2 atom stereocenters. The van der Waals surface area contributed by atoms with Gasteiger partial charge in [-0.3, -0.25) is 4.79 Å². The van der Waals surface area contributed by atoms with Gasteiger partial charge in [0.25, 0.3) is 0 Å². The molecule has 1 aromatic rings. The van der Waals surface area contributed by atoms with Crippen LogP contribution in [0.1, 0.15) is 51.0 Å². The van der Waals surface area contributed by atoms with Crippen molar-refractivity contribution in [2.45, 2.75) is 64.0 Å². The summed E-state index contributed by atoms with van der Waals surface area (Å²) in [6.07, 6.45) is 7.08. The van der Waals surface area contributed by atoms with Gasteiger partial charge in [0.2, 0.25) is 5.91 Å². The molecule has 3 N–H and O–H groups in total. The van der Waals surface area contributed by atoms with E-state index < -0.39 is 0 Å². The normalized spacial score (nSPS) is 27.9. The highest BCUT2D eigenvalue weighted by molar-refractivity contribution is 5.85. The monoisotopic (exact) mass is 366 g/mol. The average Bonchev–Trinajstić information content (AvgIpc) is 2.55. The van der Waals surface area contributed by atoms with Crippen LogP contribution in [0.4, 0.5) is 0 Å². The zero-order valence-electron chi connectivity index (χ0n) is 15.1. The van der Waals surface area contributed by atoms with Crippen LogP contribution in [0.25, 0.3) is 0 Å². The summed E-state index contributed by atoms with van der Waals surface area (Å²) < 4.78 is 5.65. The summed E-state index contributed by atoms with van der Waals surface area (Å²) >= 11 is 0. The molecule has 1 amide bonds. The molecule has 4 nitrogen and oxygen atoms in total. The number of fused-ring (bicyclic) bond motifs is 2. The first-order valence-electron chi connectivity index (χ1n) is 9.43. The fraction of sp³-hybridized carbons (Fsp3) is 0.650. The third-order valence-corrected chi connectivity index (χ3v) is 5.60. The van der Waals surface area contributed by atoms with Crippen molar-refractivity contribution in [3.63, 3.8) is 0 Å². The summed E-state index contributed by atoms with van der Waals surface area (Å²) in [5, 5.41) is 3.33. The van der Waals surface area contributed by atoms with Gasteiger partial charge in [-0.05, 0) is 62.5 Å². The Hall–Kier alpha value is -1.26. The van der Waals surface area contributed by atoms with Crippen LogP contribution in [0.5, 0.6) is 5.75 Å². The Balaban J connectivity index is 0.00000225. The number of carbonyl (C=O) groups excluding carboxylic acids is 1. The average molecular weight is 367 g/mol. The summed E-state index contributed by atoms with van der Waals surface area (Å²) in [5.41, 5.74) is 7.28. The van der Waals surface area contributed by atoms with E-state index in [1.807, 2.05) is 31.2 Å². The Morgan fingerprint density at radius 1 is 1.24 bits per heavy atom. The number of rotatable bonds is 6. The molecule has 2 aliphatic rings. The minimum Gasteiger partial charge on any atom is -0.494 e. The highest BCUT2D eigenvalue weighted by Gasteiger charge is 2.39. The van der Waals surface area contributed by atoms with Gasteiger partial charge in [0.1, 0.15) is 5.75 Å². The van der Waals surface area contributed by atoms with Crippen LogP contribution in [0.15, 0.2) is 24.3 Å². The molecule has 25 heavy (non-hydrogen) atoms. The molecule has 0 aromatic heterocycles. The van der Waals surface area contributed by atoms with E-state index in [9.17, 15) is 4.79 Å². The minimum atomic E-state index is 0. The lowest BCUT2D eigenvalue weighted by Gasteiger charge is -2.45. The van der Waals surface area contributed by atoms with E-state index in [4.69, 9.17) is 10.5 Å². The minimum absolute atomic E-state index is 0. The second-order valence-electron chi connectivity index (χ2n) is 7.32. The number of carbonyl (C=O) groups is 1. The number of hydrogen-bond donors (Lipinski definition) is 2. The summed E-state index contributed by atoms with van der Waals surface area (Å²) in [4.78, 5) is 12.5. The van der Waals surface area contributed by atoms with Crippen LogP contribution in [0.3, 0.4) is 0 Å². The lowest BCUT2D eigenvalue weighted by molar-refractivity contribution is -0.123. The summed E-state index contributed by atoms with van der Waals surface area (Å²) in [5.74, 6) is 2.21. The lowest BCUT2D eigenvalue weighted by atomic mass is 9.67. The van der Waals surface area contributed by atoms with Gasteiger partial charge in [0.15, 0.2) is 0 Å². The number of aryl methyl sites for hydroxylation is 1. The van der Waals surface area contributed by atoms with Gasteiger partial charge in [0.05, 0.1) is 6.61 Å². The van der Waals surface area contributed by atoms with Crippen molar-refractivity contribution in [2.24, 2.45) is 17.6 Å². The number of para-hydroxylation sites is 1. The van der Waals surface area contributed by atoms with Crippen molar-refractivity contribution in [3.05, 3.63) is 29.8 Å². The second kappa shape index (κ2) is 9.44. The van der Waals surface area contributed by atoms with Crippen LogP contribution >= 0.6 is 12.4 Å². The van der Waals surface area contributed by atoms with E-state index in [0.29, 0.717) is 36.9 Å². The van der Waals surface area contributed by atoms with Crippen LogP contribution in [0, 0.1) is 11.8 Å². The van der Waals surface area contributed by atoms with Crippen molar-refractivity contribution >= 4 is 18.3 Å². The van der Waals surface area contributed by atoms with Crippen LogP contribution in [0.2, 0.25) is 0 Å². The molecular weight excluding hydrogens is 336 g/mol. The van der Waals surface area contributed by atoms with Crippen molar-refractivity contribution in [2.75, 3.05) is 6.61 Å². The molecule has 2 aliphatic carbocycles. The van der Waals surface area contributed by atoms with Gasteiger partial charge in [-0.1, -0.05) is 24.6 Å². The number of ether oxygens (including phenoxy) is 1. The number of benzene rings is 1. The summed E-state index contributed by atoms with van der Waals surface area (Å²) in [6, 6.07) is 8.67. The largest absolute Gasteiger partial charge is 0.494 e. The van der Waals surface area contributed by atoms with Crippen LogP contribution < -0.4 is 15.8 Å². The second-order valence-corrected chi connectivity index (χ2v) is 7.32. The first kappa shape index (κ1) is 20.1. The maximum atomic E-state index is 12.5. The summed E-state index contributed by atoms with van der Waals surface area (Å²) in [6.45, 7) is 2.63. The van der Waals surface area contributed by atoms with Gasteiger partial charge in [-0.25, -0.2) is 0 Å². The number of nitrogens with two attached hydrogens (primary N) is 1. The maximum Gasteiger partial charge on any atom is 0.220 e. The van der Waals surface area contributed by atoms with Gasteiger partial charge in [-0.2, -0.15) is 0 Å². The Morgan fingerprint density at radius 2 is 1.92 bits per heavy atom. The van der Waals surface area contributed by atoms with Gasteiger partial charge in [0, 0.05) is 18.5 Å². The SMILES string of the molecule is CCOc1ccccc1CCC(=O)NC1C2CCCC1CC(N)C2.Cl. The maximum absolute atomic E-state index is 12.5. The highest BCUT2D eigenvalue weighted by atomic mass is 35.5. The van der Waals surface area contributed by atoms with Gasteiger partial charge >= 0.3 is 0 Å². The number of amides is 1. The molecule has 2 bridgehead atoms. The third-order valence-electron chi connectivity index (χ3n) is 5.60. The predicted molar refractivity (Wildman–Crippen MR) is 103 cm³/mol. The molecule has 2 saturated carbocycles. The molecule has 0 spiro atoms. The number of hydrogen-bond acceptors (Lipinski definition) is 3. The molecule has 2 fully saturated rings. The van der Waals surface area contributed by atoms with E-state index in [1.165, 1.54) is 19.3 Å². The first-order valence-corrected chi connectivity index (χ1v) is 9.43. The van der Waals surface area contributed by atoms with E-state index in [2.05, 4.69) is 5.32 Å². The molecule has 0 heterocycles. The smallest absolute Gasteiger partial charge is 0.220 e. The Labute approximate surface area is 157 Å². The number of nitrogens with one attached hydrogen (secondary N) is 1. The lowest BCUT2D eigenvalue weighted by Crippen LogP contribution is -2.53. The molecule has 1 aromatic carbocycles. The molecule has 0 radical (unpaired) electrons. The van der Waals surface area contributed by atoms with E-state index in [0.717, 1.165) is 30.6 Å². The molecule has 3 rings (SSSR count). The molecule has 140 valence electrons. The topological polar surface area (TPSA) is 64.3 Å². The van der Waals surface area contributed by atoms with Crippen molar-refractivity contribution in [1.29, 1.82) is 0 Å². The predicted octanol–water partition coefficient (Wildman–Crippen LogP) is 3.46. The first-order chi connectivity index (χ1) is 11.7. The zero-order valence-corrected chi connectivity index (χ0v) is 15.9. The molecule has 0 saturated heterocycles. The zero-order chi connectivity index (χ0) is 16.9. The van der Waals surface area contributed by atoms with Gasteiger partial charge in [-0.15, -0.1) is 12.4 Å². The fourth-order valence-corrected chi connectivity index (χ4v) is 4.54. The van der Waals surface area contributed by atoms with Crippen molar-refractivity contribution < 1.29 is 9.53 Å². The van der Waals surface area contributed by atoms with E-state index in [1.54, 1.807) is 0 Å². The van der Waals surface area contributed by atoms with Gasteiger partial charge < -0.3 is 15.8 Å². The van der Waals surface area contributed by atoms with Crippen molar-refractivity contribution in [1.82, 2.24) is 5.32 Å². The summed E-state index contributed by atoms with van der Waals surface area (Å²) in [7, 11) is 0. The molecule has 0 aliphatic heterocycles.